The van der Waals surface area contributed by atoms with E-state index >= 15 is 0 Å². The molecule has 0 aromatic rings. The van der Waals surface area contributed by atoms with Crippen molar-refractivity contribution in [2.75, 3.05) is 6.61 Å². The minimum Gasteiger partial charge on any atom is -0.394 e. The molecule has 0 aliphatic carbocycles. The predicted octanol–water partition coefficient (Wildman–Crippen LogP) is -2.86. The lowest BCUT2D eigenvalue weighted by Gasteiger charge is -2.27. The van der Waals surface area contributed by atoms with Crippen molar-refractivity contribution in [2.24, 2.45) is 4.99 Å². The van der Waals surface area contributed by atoms with E-state index in [0.29, 0.717) is 12.1 Å². The highest BCUT2D eigenvalue weighted by Crippen LogP contribution is 2.05. The molecule has 1 aliphatic heterocycles. The Morgan fingerprint density at radius 3 is 2.38 bits per heavy atom. The monoisotopic (exact) mass is 230 g/mol. The third-order valence-corrected chi connectivity index (χ3v) is 2.21. The number of hydrogen-bond acceptors (Lipinski definition) is 7. The van der Waals surface area contributed by atoms with Crippen molar-refractivity contribution < 1.29 is 25.2 Å². The number of nitrogens with one attached hydrogen (secondary N) is 1. The first-order chi connectivity index (χ1) is 7.60. The van der Waals surface area contributed by atoms with E-state index in [0.717, 1.165) is 0 Å². The minimum atomic E-state index is -1.61. The lowest BCUT2D eigenvalue weighted by molar-refractivity contribution is -0.119. The normalized spacial score (nSPS) is 21.4. The molecular formula is C9H14N2O5. The van der Waals surface area contributed by atoms with Crippen LogP contribution in [0.3, 0.4) is 0 Å². The number of amidine groups is 1. The van der Waals surface area contributed by atoms with Crippen LogP contribution in [-0.4, -0.2) is 63.5 Å². The van der Waals surface area contributed by atoms with Crippen molar-refractivity contribution in [1.82, 2.24) is 5.32 Å². The van der Waals surface area contributed by atoms with Crippen LogP contribution in [-0.2, 0) is 4.79 Å². The Kier molecular flexibility index (Phi) is 4.56. The fourth-order valence-electron chi connectivity index (χ4n) is 1.15. The van der Waals surface area contributed by atoms with Crippen LogP contribution in [0.1, 0.15) is 0 Å². The molecule has 0 saturated heterocycles. The maximum Gasteiger partial charge on any atom is 0.145 e. The smallest absolute Gasteiger partial charge is 0.145 e. The number of carbonyl (C=O) groups excluding carboxylic acids is 1. The summed E-state index contributed by atoms with van der Waals surface area (Å²) in [6.07, 6.45) is -1.17. The summed E-state index contributed by atoms with van der Waals surface area (Å²) in [5.74, 6) is 0.404. The quantitative estimate of drug-likeness (QED) is 0.313. The molecule has 0 unspecified atom stereocenters. The van der Waals surface area contributed by atoms with Gasteiger partial charge in [-0.15, -0.1) is 0 Å². The molecule has 0 aromatic carbocycles. The van der Waals surface area contributed by atoms with E-state index < -0.39 is 31.0 Å². The van der Waals surface area contributed by atoms with Gasteiger partial charge in [0.25, 0.3) is 0 Å². The number of rotatable bonds is 6. The fourth-order valence-corrected chi connectivity index (χ4v) is 1.15. The Labute approximate surface area is 91.7 Å². The summed E-state index contributed by atoms with van der Waals surface area (Å²) in [6.45, 7) is -0.704. The zero-order valence-corrected chi connectivity index (χ0v) is 8.39. The molecule has 1 rings (SSSR count). The average Bonchev–Trinajstić information content (AvgIpc) is 2.25. The van der Waals surface area contributed by atoms with Gasteiger partial charge in [-0.1, -0.05) is 0 Å². The summed E-state index contributed by atoms with van der Waals surface area (Å²) in [4.78, 5) is 14.4. The molecule has 1 heterocycles. The summed E-state index contributed by atoms with van der Waals surface area (Å²) >= 11 is 0. The fraction of sp³-hybridized carbons (Fsp3) is 0.556. The van der Waals surface area contributed by atoms with Crippen LogP contribution >= 0.6 is 0 Å². The summed E-state index contributed by atoms with van der Waals surface area (Å²) < 4.78 is 0. The summed E-state index contributed by atoms with van der Waals surface area (Å²) in [5, 5.41) is 39.2. The Bertz CT molecular complexity index is 304. The molecular weight excluding hydrogens is 216 g/mol. The molecule has 7 heteroatoms. The van der Waals surface area contributed by atoms with E-state index in [1.807, 2.05) is 0 Å². The van der Waals surface area contributed by atoms with Crippen LogP contribution in [0.4, 0.5) is 0 Å². The van der Waals surface area contributed by atoms with Crippen molar-refractivity contribution >= 4 is 12.1 Å². The van der Waals surface area contributed by atoms with Gasteiger partial charge in [0, 0.05) is 6.20 Å². The van der Waals surface area contributed by atoms with Crippen LogP contribution in [0, 0.1) is 0 Å². The number of carbonyl (C=O) groups is 1. The van der Waals surface area contributed by atoms with E-state index in [4.69, 9.17) is 10.2 Å². The van der Waals surface area contributed by atoms with Crippen molar-refractivity contribution in [2.45, 2.75) is 24.4 Å². The molecule has 0 bridgehead atoms. The molecule has 0 saturated carbocycles. The molecule has 0 spiro atoms. The highest BCUT2D eigenvalue weighted by Gasteiger charge is 2.31. The van der Waals surface area contributed by atoms with Crippen LogP contribution in [0.25, 0.3) is 0 Å². The van der Waals surface area contributed by atoms with Crippen molar-refractivity contribution in [3.05, 3.63) is 12.3 Å². The van der Waals surface area contributed by atoms with Crippen LogP contribution in [0.5, 0.6) is 0 Å². The Morgan fingerprint density at radius 2 is 2.00 bits per heavy atom. The third-order valence-electron chi connectivity index (χ3n) is 2.21. The summed E-state index contributed by atoms with van der Waals surface area (Å²) in [6, 6.07) is -1.10. The van der Waals surface area contributed by atoms with Crippen molar-refractivity contribution in [3.8, 4) is 0 Å². The summed E-state index contributed by atoms with van der Waals surface area (Å²) in [7, 11) is 0. The zero-order valence-electron chi connectivity index (χ0n) is 8.39. The first kappa shape index (κ1) is 12.8. The molecule has 90 valence electrons. The number of aliphatic hydroxyl groups excluding tert-OH is 4. The first-order valence-corrected chi connectivity index (χ1v) is 4.71. The topological polar surface area (TPSA) is 122 Å². The van der Waals surface area contributed by atoms with Crippen molar-refractivity contribution in [1.29, 1.82) is 0 Å². The SMILES string of the molecule is O=C[C@H](NC1=NC=C1)[C@@H](O)[C@H](O)[C@H](O)CO. The van der Waals surface area contributed by atoms with Crippen LogP contribution in [0.2, 0.25) is 0 Å². The van der Waals surface area contributed by atoms with Crippen molar-refractivity contribution in [3.63, 3.8) is 0 Å². The van der Waals surface area contributed by atoms with Gasteiger partial charge in [0.2, 0.25) is 0 Å². The van der Waals surface area contributed by atoms with E-state index in [2.05, 4.69) is 10.3 Å². The zero-order chi connectivity index (χ0) is 12.1. The largest absolute Gasteiger partial charge is 0.394 e. The van der Waals surface area contributed by atoms with Gasteiger partial charge in [-0.05, 0) is 6.08 Å². The van der Waals surface area contributed by atoms with Gasteiger partial charge >= 0.3 is 0 Å². The highest BCUT2D eigenvalue weighted by molar-refractivity contribution is 5.98. The third kappa shape index (κ3) is 2.86. The van der Waals surface area contributed by atoms with Gasteiger partial charge in [-0.3, -0.25) is 0 Å². The average molecular weight is 230 g/mol. The number of nitrogens with zero attached hydrogens (tertiary/aromatic N) is 1. The summed E-state index contributed by atoms with van der Waals surface area (Å²) in [5.41, 5.74) is 0. The number of hydrogen-bond donors (Lipinski definition) is 5. The molecule has 0 aromatic heterocycles. The van der Waals surface area contributed by atoms with Gasteiger partial charge < -0.3 is 30.5 Å². The van der Waals surface area contributed by atoms with E-state index in [1.54, 1.807) is 6.08 Å². The maximum atomic E-state index is 10.7. The number of aliphatic imine (C=N–C) groups is 1. The lowest BCUT2D eigenvalue weighted by Crippen LogP contribution is -2.53. The lowest BCUT2D eigenvalue weighted by atomic mass is 10.0. The minimum absolute atomic E-state index is 0.395. The van der Waals surface area contributed by atoms with Gasteiger partial charge in [-0.2, -0.15) is 0 Å². The van der Waals surface area contributed by atoms with Gasteiger partial charge in [0.05, 0.1) is 6.61 Å². The highest BCUT2D eigenvalue weighted by atomic mass is 16.4. The molecule has 0 fully saturated rings. The van der Waals surface area contributed by atoms with E-state index in [1.165, 1.54) is 6.20 Å². The standard InChI is InChI=1S/C9H14N2O5/c12-3-5(11-7-1-2-10-7)8(15)9(16)6(14)4-13/h1-3,5-6,8-9,13-16H,4H2,(H,10,11)/t5-,6+,8+,9+/m0/s1. The predicted molar refractivity (Wildman–Crippen MR) is 54.7 cm³/mol. The molecule has 1 aliphatic rings. The Balaban J connectivity index is 2.53. The number of aliphatic hydroxyl groups is 4. The second-order valence-electron chi connectivity index (χ2n) is 3.37. The van der Waals surface area contributed by atoms with E-state index in [-0.39, 0.29) is 0 Å². The van der Waals surface area contributed by atoms with Crippen LogP contribution < -0.4 is 5.32 Å². The molecule has 7 nitrogen and oxygen atoms in total. The second-order valence-corrected chi connectivity index (χ2v) is 3.37. The van der Waals surface area contributed by atoms with Crippen LogP contribution in [0.15, 0.2) is 17.3 Å². The molecule has 0 amide bonds. The first-order valence-electron chi connectivity index (χ1n) is 4.71. The second kappa shape index (κ2) is 5.71. The van der Waals surface area contributed by atoms with Gasteiger partial charge in [0.15, 0.2) is 0 Å². The maximum absolute atomic E-state index is 10.7. The molecule has 4 atom stereocenters. The van der Waals surface area contributed by atoms with E-state index in [9.17, 15) is 15.0 Å². The van der Waals surface area contributed by atoms with Gasteiger partial charge in [0.1, 0.15) is 36.5 Å². The molecule has 0 radical (unpaired) electrons. The Hall–Kier alpha value is -1.28. The number of aldehydes is 1. The Morgan fingerprint density at radius 1 is 1.38 bits per heavy atom. The molecule has 5 N–H and O–H groups in total. The molecule has 16 heavy (non-hydrogen) atoms. The van der Waals surface area contributed by atoms with Gasteiger partial charge in [-0.25, -0.2) is 4.99 Å².